The number of rotatable bonds is 4. The highest BCUT2D eigenvalue weighted by atomic mass is 32.1. The number of allylic oxidation sites excluding steroid dienone is 2. The third-order valence-electron chi connectivity index (χ3n) is 7.12. The lowest BCUT2D eigenvalue weighted by Gasteiger charge is -2.26. The molecule has 8 rings (SSSR count). The van der Waals surface area contributed by atoms with Gasteiger partial charge in [-0.1, -0.05) is 0 Å². The van der Waals surface area contributed by atoms with E-state index < -0.39 is 0 Å². The second-order valence-corrected chi connectivity index (χ2v) is 13.5. The Morgan fingerprint density at radius 1 is 0.524 bits per heavy atom. The van der Waals surface area contributed by atoms with Gasteiger partial charge < -0.3 is 48.8 Å². The van der Waals surface area contributed by atoms with E-state index in [1.165, 1.54) is 45.3 Å². The van der Waals surface area contributed by atoms with Gasteiger partial charge in [0.05, 0.1) is 34.1 Å². The van der Waals surface area contributed by atoms with Gasteiger partial charge in [0.2, 0.25) is 0 Å². The normalized spacial score (nSPS) is 17.4. The fraction of sp³-hybridized carbons (Fsp3) is 0.286. The van der Waals surface area contributed by atoms with Crippen LogP contribution < -0.4 is 18.9 Å². The van der Waals surface area contributed by atoms with Crippen LogP contribution in [-0.4, -0.2) is 60.1 Å². The maximum absolute atomic E-state index is 11.2. The Kier molecular flexibility index (Phi) is 6.14. The van der Waals surface area contributed by atoms with Gasteiger partial charge in [0.15, 0.2) is 57.5 Å². The summed E-state index contributed by atoms with van der Waals surface area (Å²) in [7, 11) is 0. The first-order valence-corrected chi connectivity index (χ1v) is 16.4. The molecule has 4 aromatic heterocycles. The third-order valence-corrected chi connectivity index (χ3v) is 12.1. The van der Waals surface area contributed by atoms with Crippen molar-refractivity contribution in [2.24, 2.45) is 0 Å². The molecule has 4 aromatic rings. The van der Waals surface area contributed by atoms with Crippen molar-refractivity contribution in [3.05, 3.63) is 27.9 Å². The smallest absolute Gasteiger partial charge is 0.181 e. The van der Waals surface area contributed by atoms with Crippen LogP contribution in [0.3, 0.4) is 0 Å². The molecule has 1 aliphatic carbocycles. The topological polar surface area (TPSA) is 136 Å². The molecule has 4 N–H and O–H groups in total. The third kappa shape index (κ3) is 3.85. The molecule has 0 radical (unpaired) electrons. The lowest BCUT2D eigenvalue weighted by molar-refractivity contribution is 0.0586. The molecule has 0 aromatic carbocycles. The monoisotopic (exact) mass is 646 g/mol. The summed E-state index contributed by atoms with van der Waals surface area (Å²) in [5, 5.41) is 46.2. The molecule has 218 valence electrons. The van der Waals surface area contributed by atoms with Gasteiger partial charge in [-0.15, -0.1) is 45.3 Å². The largest absolute Gasteiger partial charge is 0.503 e. The lowest BCUT2D eigenvalue weighted by Crippen LogP contribution is -2.17. The highest BCUT2D eigenvalue weighted by Gasteiger charge is 2.36. The molecule has 7 heterocycles. The number of ether oxygens (including phenoxy) is 6. The minimum atomic E-state index is -0.291. The van der Waals surface area contributed by atoms with Crippen LogP contribution in [0.4, 0.5) is 0 Å². The van der Waals surface area contributed by atoms with E-state index in [2.05, 4.69) is 0 Å². The fourth-order valence-corrected chi connectivity index (χ4v) is 10.0. The zero-order valence-corrected chi connectivity index (χ0v) is 24.9. The van der Waals surface area contributed by atoms with Crippen LogP contribution in [0.1, 0.15) is 17.7 Å². The van der Waals surface area contributed by atoms with Crippen LogP contribution in [-0.2, 0) is 9.47 Å². The molecular formula is C28H22O10S4. The molecule has 42 heavy (non-hydrogen) atoms. The zero-order valence-electron chi connectivity index (χ0n) is 21.7. The summed E-state index contributed by atoms with van der Waals surface area (Å²) in [6.07, 6.45) is 3.31. The van der Waals surface area contributed by atoms with Crippen molar-refractivity contribution in [1.29, 1.82) is 0 Å². The second-order valence-electron chi connectivity index (χ2n) is 9.60. The quantitative estimate of drug-likeness (QED) is 0.189. The fourth-order valence-electron chi connectivity index (χ4n) is 5.26. The van der Waals surface area contributed by atoms with Crippen LogP contribution in [0.25, 0.3) is 34.8 Å². The van der Waals surface area contributed by atoms with Gasteiger partial charge in [-0.2, -0.15) is 0 Å². The van der Waals surface area contributed by atoms with Crippen molar-refractivity contribution in [3.8, 4) is 75.3 Å². The molecule has 0 unspecified atom stereocenters. The first kappa shape index (κ1) is 25.9. The molecule has 0 bridgehead atoms. The molecule has 0 spiro atoms. The second kappa shape index (κ2) is 9.93. The average Bonchev–Trinajstić information content (AvgIpc) is 3.77. The predicted molar refractivity (Wildman–Crippen MR) is 159 cm³/mol. The molecule has 1 fully saturated rings. The van der Waals surface area contributed by atoms with E-state index in [0.717, 1.165) is 5.57 Å². The van der Waals surface area contributed by atoms with Gasteiger partial charge in [-0.3, -0.25) is 0 Å². The van der Waals surface area contributed by atoms with E-state index in [-0.39, 0.29) is 23.0 Å². The van der Waals surface area contributed by atoms with E-state index in [0.29, 0.717) is 121 Å². The van der Waals surface area contributed by atoms with Crippen LogP contribution >= 0.6 is 45.3 Å². The summed E-state index contributed by atoms with van der Waals surface area (Å²) >= 11 is 5.02. The molecular weight excluding hydrogens is 625 g/mol. The number of fused-ring (bicyclic) bond motifs is 3. The van der Waals surface area contributed by atoms with Crippen molar-refractivity contribution >= 4 is 50.9 Å². The summed E-state index contributed by atoms with van der Waals surface area (Å²) < 4.78 is 35.2. The minimum Gasteiger partial charge on any atom is -0.503 e. The molecule has 3 aliphatic heterocycles. The van der Waals surface area contributed by atoms with Crippen molar-refractivity contribution in [1.82, 2.24) is 0 Å². The predicted octanol–water partition coefficient (Wildman–Crippen LogP) is 6.73. The lowest BCUT2D eigenvalue weighted by atomic mass is 9.99. The Morgan fingerprint density at radius 2 is 1.05 bits per heavy atom. The maximum atomic E-state index is 11.2. The Balaban J connectivity index is 1.25. The van der Waals surface area contributed by atoms with Crippen molar-refractivity contribution < 1.29 is 48.8 Å². The van der Waals surface area contributed by atoms with Crippen LogP contribution in [0.15, 0.2) is 23.0 Å². The van der Waals surface area contributed by atoms with E-state index in [4.69, 9.17) is 28.4 Å². The molecule has 14 heteroatoms. The van der Waals surface area contributed by atoms with Crippen molar-refractivity contribution in [3.63, 3.8) is 0 Å². The van der Waals surface area contributed by atoms with Gasteiger partial charge in [0, 0.05) is 11.0 Å². The maximum Gasteiger partial charge on any atom is 0.181 e. The number of hydrogen-bond donors (Lipinski definition) is 4. The Labute approximate surface area is 254 Å². The summed E-state index contributed by atoms with van der Waals surface area (Å²) in [6.45, 7) is 2.28. The van der Waals surface area contributed by atoms with Crippen LogP contribution in [0.5, 0.6) is 46.0 Å². The highest BCUT2D eigenvalue weighted by Crippen LogP contribution is 2.64. The Bertz CT molecular complexity index is 1800. The van der Waals surface area contributed by atoms with Gasteiger partial charge in [0.1, 0.15) is 39.6 Å². The first-order valence-electron chi connectivity index (χ1n) is 13.1. The van der Waals surface area contributed by atoms with E-state index in [9.17, 15) is 20.4 Å². The van der Waals surface area contributed by atoms with Crippen molar-refractivity contribution in [2.75, 3.05) is 39.6 Å². The average molecular weight is 647 g/mol. The molecule has 10 nitrogen and oxygen atoms in total. The van der Waals surface area contributed by atoms with Crippen molar-refractivity contribution in [2.45, 2.75) is 12.8 Å². The van der Waals surface area contributed by atoms with Gasteiger partial charge in [-0.05, 0) is 18.9 Å². The molecule has 0 atom stereocenters. The highest BCUT2D eigenvalue weighted by molar-refractivity contribution is 7.29. The van der Waals surface area contributed by atoms with E-state index >= 15 is 0 Å². The SMILES string of the molecule is Oc1c(C2=C3OCCOC3=CCC2)sc(-c2sc(-c3sc(-c4scc5c4OCCO5)c(O)c3O)c3c2OCCO3)c1O. The Morgan fingerprint density at radius 3 is 1.76 bits per heavy atom. The zero-order chi connectivity index (χ0) is 28.5. The summed E-state index contributed by atoms with van der Waals surface area (Å²) in [5.41, 5.74) is 0.773. The summed E-state index contributed by atoms with van der Waals surface area (Å²) in [5.74, 6) is 2.11. The molecule has 0 amide bonds. The molecule has 1 saturated heterocycles. The first-order chi connectivity index (χ1) is 20.5. The van der Waals surface area contributed by atoms with Gasteiger partial charge in [-0.25, -0.2) is 0 Å². The summed E-state index contributed by atoms with van der Waals surface area (Å²) in [6, 6.07) is 0. The molecule has 0 saturated carbocycles. The minimum absolute atomic E-state index is 0.239. The van der Waals surface area contributed by atoms with Crippen LogP contribution in [0.2, 0.25) is 0 Å². The molecule has 4 aliphatic rings. The Hall–Kier alpha value is -3.72. The standard InChI is InChI=1S/C28H22O10S4/c29-14-15(30)24(40-22(14)11-2-1-3-12-18(11)35-6-4-33-12)27-20-21(38-9-8-37-20)28(42-27)25-17(32)16(31)23(41-25)26-19-13(10-39-26)34-5-7-36-19/h3,10,29-32H,1-2,4-9H2. The van der Waals surface area contributed by atoms with E-state index in [1.54, 1.807) is 0 Å². The number of aromatic hydroxyl groups is 4. The van der Waals surface area contributed by atoms with Gasteiger partial charge in [0.25, 0.3) is 0 Å². The van der Waals surface area contributed by atoms with Gasteiger partial charge >= 0.3 is 0 Å². The summed E-state index contributed by atoms with van der Waals surface area (Å²) in [4.78, 5) is 3.47. The van der Waals surface area contributed by atoms with Crippen LogP contribution in [0, 0.1) is 0 Å². The number of thiophene rings is 4. The number of hydrogen-bond acceptors (Lipinski definition) is 14. The van der Waals surface area contributed by atoms with E-state index in [1.807, 2.05) is 11.5 Å².